The van der Waals surface area contributed by atoms with Gasteiger partial charge < -0.3 is 14.8 Å². The van der Waals surface area contributed by atoms with Crippen LogP contribution in [0.4, 0.5) is 5.82 Å². The van der Waals surface area contributed by atoms with Crippen LogP contribution < -0.4 is 26.0 Å². The minimum atomic E-state index is -0.733. The number of aromatic amines is 2. The lowest BCUT2D eigenvalue weighted by atomic mass is 9.81. The smallest absolute Gasteiger partial charge is 0.327 e. The molecule has 2 aromatic carbocycles. The van der Waals surface area contributed by atoms with E-state index in [0.717, 1.165) is 5.56 Å². The molecule has 0 saturated heterocycles. The molecule has 156 valence electrons. The van der Waals surface area contributed by atoms with Gasteiger partial charge in [0.1, 0.15) is 5.82 Å². The van der Waals surface area contributed by atoms with Crippen LogP contribution in [-0.2, 0) is 0 Å². The summed E-state index contributed by atoms with van der Waals surface area (Å²) in [6.45, 7) is 0. The first-order valence-corrected chi connectivity index (χ1v) is 10.2. The third kappa shape index (κ3) is 2.77. The minimum absolute atomic E-state index is 0.176. The number of nitrogens with one attached hydrogen (secondary N) is 3. The van der Waals surface area contributed by atoms with Gasteiger partial charge in [0.25, 0.3) is 5.56 Å². The van der Waals surface area contributed by atoms with Crippen LogP contribution in [0.25, 0.3) is 5.70 Å². The average molecular weight is 482 g/mol. The highest BCUT2D eigenvalue weighted by atomic mass is 79.9. The summed E-state index contributed by atoms with van der Waals surface area (Å²) in [4.78, 5) is 43.2. The van der Waals surface area contributed by atoms with Crippen molar-refractivity contribution in [1.29, 1.82) is 0 Å². The number of hydrogen-bond acceptors (Lipinski definition) is 6. The van der Waals surface area contributed by atoms with Gasteiger partial charge in [-0.2, -0.15) is 0 Å². The van der Waals surface area contributed by atoms with Gasteiger partial charge in [0.15, 0.2) is 17.3 Å². The van der Waals surface area contributed by atoms with Crippen molar-refractivity contribution < 1.29 is 14.3 Å². The van der Waals surface area contributed by atoms with Crippen LogP contribution in [0.15, 0.2) is 56.0 Å². The number of ketones is 1. The number of carbonyl (C=O) groups excluding carboxylic acids is 1. The van der Waals surface area contributed by atoms with Crippen LogP contribution in [0.2, 0.25) is 0 Å². The van der Waals surface area contributed by atoms with Crippen molar-refractivity contribution in [3.63, 3.8) is 0 Å². The second-order valence-corrected chi connectivity index (χ2v) is 8.01. The van der Waals surface area contributed by atoms with Gasteiger partial charge in [0.2, 0.25) is 0 Å². The van der Waals surface area contributed by atoms with Crippen LogP contribution >= 0.6 is 15.9 Å². The van der Waals surface area contributed by atoms with Gasteiger partial charge in [-0.05, 0) is 33.6 Å². The number of rotatable bonds is 3. The van der Waals surface area contributed by atoms with Crippen LogP contribution in [0, 0.1) is 0 Å². The van der Waals surface area contributed by atoms with Crippen molar-refractivity contribution in [1.82, 2.24) is 9.97 Å². The van der Waals surface area contributed by atoms with E-state index in [1.54, 1.807) is 24.3 Å². The third-order valence-corrected chi connectivity index (χ3v) is 6.14. The van der Waals surface area contributed by atoms with E-state index in [2.05, 4.69) is 31.2 Å². The van der Waals surface area contributed by atoms with Crippen molar-refractivity contribution >= 4 is 33.2 Å². The van der Waals surface area contributed by atoms with E-state index < -0.39 is 17.2 Å². The lowest BCUT2D eigenvalue weighted by molar-refractivity contribution is 0.103. The van der Waals surface area contributed by atoms with E-state index in [1.165, 1.54) is 14.2 Å². The molecular formula is C22H16BrN3O5. The molecule has 1 aromatic heterocycles. The maximum Gasteiger partial charge on any atom is 0.327 e. The highest BCUT2D eigenvalue weighted by Crippen LogP contribution is 2.49. The van der Waals surface area contributed by atoms with Gasteiger partial charge in [-0.15, -0.1) is 0 Å². The Morgan fingerprint density at radius 2 is 1.71 bits per heavy atom. The number of H-pyrrole nitrogens is 2. The molecule has 0 radical (unpaired) electrons. The molecule has 1 aliphatic carbocycles. The van der Waals surface area contributed by atoms with Crippen LogP contribution in [0.1, 0.15) is 33.0 Å². The molecule has 0 amide bonds. The number of methoxy groups -OCH3 is 2. The molecule has 9 heteroatoms. The molecule has 1 unspecified atom stereocenters. The number of carbonyl (C=O) groups is 1. The Kier molecular flexibility index (Phi) is 4.37. The highest BCUT2D eigenvalue weighted by molar-refractivity contribution is 9.10. The predicted octanol–water partition coefficient (Wildman–Crippen LogP) is 3.01. The monoisotopic (exact) mass is 481 g/mol. The first-order chi connectivity index (χ1) is 14.9. The Morgan fingerprint density at radius 3 is 2.42 bits per heavy atom. The molecule has 0 spiro atoms. The second-order valence-electron chi connectivity index (χ2n) is 7.16. The van der Waals surface area contributed by atoms with Crippen LogP contribution in [0.3, 0.4) is 0 Å². The third-order valence-electron chi connectivity index (χ3n) is 5.55. The van der Waals surface area contributed by atoms with E-state index in [4.69, 9.17) is 9.47 Å². The molecule has 1 aliphatic heterocycles. The summed E-state index contributed by atoms with van der Waals surface area (Å²) in [5, 5.41) is 3.11. The van der Waals surface area contributed by atoms with Crippen molar-refractivity contribution in [2.45, 2.75) is 5.92 Å². The molecule has 5 rings (SSSR count). The van der Waals surface area contributed by atoms with E-state index in [9.17, 15) is 14.4 Å². The lowest BCUT2D eigenvalue weighted by Crippen LogP contribution is -2.33. The first-order valence-electron chi connectivity index (χ1n) is 9.37. The molecule has 8 nitrogen and oxygen atoms in total. The predicted molar refractivity (Wildman–Crippen MR) is 118 cm³/mol. The number of allylic oxidation sites excluding steroid dienone is 1. The summed E-state index contributed by atoms with van der Waals surface area (Å²) < 4.78 is 11.5. The van der Waals surface area contributed by atoms with Gasteiger partial charge in [0, 0.05) is 22.6 Å². The Labute approximate surface area is 184 Å². The Balaban J connectivity index is 1.84. The molecule has 0 saturated carbocycles. The van der Waals surface area contributed by atoms with E-state index in [0.29, 0.717) is 38.4 Å². The molecule has 0 bridgehead atoms. The fraction of sp³-hybridized carbons (Fsp3) is 0.136. The fourth-order valence-corrected chi connectivity index (χ4v) is 4.91. The number of fused-ring (bicyclic) bond motifs is 3. The lowest BCUT2D eigenvalue weighted by Gasteiger charge is -2.28. The van der Waals surface area contributed by atoms with Gasteiger partial charge >= 0.3 is 5.69 Å². The molecule has 1 atom stereocenters. The van der Waals surface area contributed by atoms with Crippen molar-refractivity contribution in [2.75, 3.05) is 19.5 Å². The van der Waals surface area contributed by atoms with E-state index in [-0.39, 0.29) is 17.2 Å². The summed E-state index contributed by atoms with van der Waals surface area (Å²) >= 11 is 3.49. The Hall–Kier alpha value is -3.59. The molecular weight excluding hydrogens is 466 g/mol. The van der Waals surface area contributed by atoms with E-state index >= 15 is 0 Å². The number of halogens is 1. The number of benzene rings is 2. The molecule has 2 aliphatic rings. The first kappa shape index (κ1) is 19.4. The quantitative estimate of drug-likeness (QED) is 0.529. The maximum atomic E-state index is 13.4. The van der Waals surface area contributed by atoms with Gasteiger partial charge in [-0.25, -0.2) is 4.79 Å². The summed E-state index contributed by atoms with van der Waals surface area (Å²) in [5.74, 6) is 0.282. The normalized spacial score (nSPS) is 16.4. The number of anilines is 1. The second kappa shape index (κ2) is 6.98. The summed E-state index contributed by atoms with van der Waals surface area (Å²) in [5.41, 5.74) is 1.95. The number of ether oxygens (including phenoxy) is 2. The SMILES string of the molecule is COc1cc(C2C3=C(Nc4[nH]c(=O)[nH]c(=O)c42)c2ccccc2C3=O)cc(Br)c1OC. The van der Waals surface area contributed by atoms with Crippen LogP contribution in [-0.4, -0.2) is 30.0 Å². The standard InChI is InChI=1S/C22H16BrN3O5/c1-30-13-8-9(7-12(23)19(13)31-2)14-15-17(10-5-3-4-6-11(10)18(15)27)24-20-16(14)21(28)26-22(29)25-20/h3-8,14H,1-2H3,(H3,24,25,26,28,29). The molecule has 3 aromatic rings. The molecule has 0 fully saturated rings. The average Bonchev–Trinajstić information content (AvgIpc) is 3.03. The molecule has 31 heavy (non-hydrogen) atoms. The zero-order valence-electron chi connectivity index (χ0n) is 16.5. The fourth-order valence-electron chi connectivity index (χ4n) is 4.29. The highest BCUT2D eigenvalue weighted by Gasteiger charge is 2.42. The van der Waals surface area contributed by atoms with Crippen molar-refractivity contribution in [2.24, 2.45) is 0 Å². The topological polar surface area (TPSA) is 113 Å². The summed E-state index contributed by atoms with van der Waals surface area (Å²) in [6, 6.07) is 10.7. The minimum Gasteiger partial charge on any atom is -0.493 e. The van der Waals surface area contributed by atoms with E-state index in [1.807, 2.05) is 12.1 Å². The number of Topliss-reactive ketones (excluding diaryl/α,β-unsaturated/α-hetero) is 1. The Morgan fingerprint density at radius 1 is 0.968 bits per heavy atom. The number of aromatic nitrogens is 2. The number of hydrogen-bond donors (Lipinski definition) is 3. The zero-order valence-corrected chi connectivity index (χ0v) is 18.0. The van der Waals surface area contributed by atoms with Crippen LogP contribution in [0.5, 0.6) is 11.5 Å². The van der Waals surface area contributed by atoms with Gasteiger partial charge in [-0.3, -0.25) is 19.6 Å². The van der Waals surface area contributed by atoms with Crippen molar-refractivity contribution in [3.05, 3.63) is 89.5 Å². The Bertz CT molecular complexity index is 1420. The molecule has 3 N–H and O–H groups in total. The maximum absolute atomic E-state index is 13.4. The van der Waals surface area contributed by atoms with Crippen molar-refractivity contribution in [3.8, 4) is 11.5 Å². The summed E-state index contributed by atoms with van der Waals surface area (Å²) in [6.07, 6.45) is 0. The zero-order chi connectivity index (χ0) is 21.9. The summed E-state index contributed by atoms with van der Waals surface area (Å²) in [7, 11) is 3.03. The molecule has 2 heterocycles. The largest absolute Gasteiger partial charge is 0.493 e. The van der Waals surface area contributed by atoms with Gasteiger partial charge in [0.05, 0.1) is 30.0 Å². The van der Waals surface area contributed by atoms with Gasteiger partial charge in [-0.1, -0.05) is 24.3 Å².